The van der Waals surface area contributed by atoms with Crippen LogP contribution in [0.15, 0.2) is 95.2 Å². The van der Waals surface area contributed by atoms with Gasteiger partial charge in [-0.3, -0.25) is 0 Å². The quantitative estimate of drug-likeness (QED) is 0.359. The van der Waals surface area contributed by atoms with E-state index >= 15 is 0 Å². The Kier molecular flexibility index (Phi) is 4.96. The van der Waals surface area contributed by atoms with Crippen LogP contribution in [0.2, 0.25) is 0 Å². The van der Waals surface area contributed by atoms with Crippen molar-refractivity contribution in [3.63, 3.8) is 0 Å². The lowest BCUT2D eigenvalue weighted by atomic mass is 10.2. The van der Waals surface area contributed by atoms with Crippen LogP contribution >= 0.6 is 21.6 Å². The highest BCUT2D eigenvalue weighted by Gasteiger charge is 2.10. The first kappa shape index (κ1) is 17.1. The lowest BCUT2D eigenvalue weighted by Crippen LogP contribution is -1.94. The van der Waals surface area contributed by atoms with Gasteiger partial charge in [-0.05, 0) is 73.5 Å². The standard InChI is InChI=1S/C22H20N2S2/c1-17-7-9-21(19(15-17)23-11-3-4-12-23)25-26-22-10-8-18(2)16-20(22)24-13-5-6-14-24/h3-16H,1-2H3. The van der Waals surface area contributed by atoms with Gasteiger partial charge in [0, 0.05) is 34.6 Å². The van der Waals surface area contributed by atoms with Crippen molar-refractivity contribution in [2.24, 2.45) is 0 Å². The fraction of sp³-hybridized carbons (Fsp3) is 0.0909. The van der Waals surface area contributed by atoms with Gasteiger partial charge < -0.3 is 9.13 Å². The lowest BCUT2D eigenvalue weighted by molar-refractivity contribution is 1.03. The van der Waals surface area contributed by atoms with Crippen LogP contribution in [0.3, 0.4) is 0 Å². The molecule has 0 bridgehead atoms. The predicted octanol–water partition coefficient (Wildman–Crippen LogP) is 6.68. The minimum absolute atomic E-state index is 1.22. The fourth-order valence-electron chi connectivity index (χ4n) is 2.88. The number of rotatable bonds is 5. The van der Waals surface area contributed by atoms with Crippen molar-refractivity contribution in [2.75, 3.05) is 0 Å². The van der Waals surface area contributed by atoms with Crippen LogP contribution < -0.4 is 0 Å². The van der Waals surface area contributed by atoms with Crippen molar-refractivity contribution < 1.29 is 0 Å². The molecule has 2 heterocycles. The third-order valence-corrected chi connectivity index (χ3v) is 6.68. The second kappa shape index (κ2) is 7.52. The minimum atomic E-state index is 1.22. The van der Waals surface area contributed by atoms with E-state index in [1.807, 2.05) is 0 Å². The largest absolute Gasteiger partial charge is 0.323 e. The zero-order chi connectivity index (χ0) is 17.9. The SMILES string of the molecule is Cc1ccc(SSc2ccc(C)cc2-n2cccc2)c(-n2cccc2)c1. The molecule has 0 spiro atoms. The molecular weight excluding hydrogens is 356 g/mol. The summed E-state index contributed by atoms with van der Waals surface area (Å²) in [6, 6.07) is 21.5. The van der Waals surface area contributed by atoms with Crippen molar-refractivity contribution in [3.8, 4) is 11.4 Å². The number of aryl methyl sites for hydroxylation is 2. The van der Waals surface area contributed by atoms with Crippen molar-refractivity contribution in [1.29, 1.82) is 0 Å². The van der Waals surface area contributed by atoms with Crippen LogP contribution in [-0.4, -0.2) is 9.13 Å². The smallest absolute Gasteiger partial charge is 0.0596 e. The van der Waals surface area contributed by atoms with Crippen molar-refractivity contribution in [2.45, 2.75) is 23.6 Å². The Morgan fingerprint density at radius 3 is 1.35 bits per heavy atom. The van der Waals surface area contributed by atoms with Crippen LogP contribution in [0.1, 0.15) is 11.1 Å². The van der Waals surface area contributed by atoms with E-state index in [9.17, 15) is 0 Å². The third kappa shape index (κ3) is 3.62. The van der Waals surface area contributed by atoms with Crippen LogP contribution in [0.5, 0.6) is 0 Å². The second-order valence-corrected chi connectivity index (χ2v) is 8.50. The number of hydrogen-bond acceptors (Lipinski definition) is 2. The van der Waals surface area contributed by atoms with Crippen LogP contribution in [-0.2, 0) is 0 Å². The van der Waals surface area contributed by atoms with Crippen molar-refractivity contribution in [1.82, 2.24) is 9.13 Å². The predicted molar refractivity (Wildman–Crippen MR) is 113 cm³/mol. The Balaban J connectivity index is 1.65. The number of nitrogens with zero attached hydrogens (tertiary/aromatic N) is 2. The maximum absolute atomic E-state index is 2.24. The van der Waals surface area contributed by atoms with Gasteiger partial charge >= 0.3 is 0 Å². The van der Waals surface area contributed by atoms with Gasteiger partial charge in [0.15, 0.2) is 0 Å². The normalized spacial score (nSPS) is 11.0. The first-order chi connectivity index (χ1) is 12.7. The monoisotopic (exact) mass is 376 g/mol. The molecule has 0 unspecified atom stereocenters. The van der Waals surface area contributed by atoms with E-state index in [0.717, 1.165) is 0 Å². The number of benzene rings is 2. The maximum Gasteiger partial charge on any atom is 0.0596 e. The van der Waals surface area contributed by atoms with Gasteiger partial charge in [0.25, 0.3) is 0 Å². The highest BCUT2D eigenvalue weighted by Crippen LogP contribution is 2.42. The van der Waals surface area contributed by atoms with E-state index in [1.54, 1.807) is 21.6 Å². The molecule has 0 aliphatic rings. The highest BCUT2D eigenvalue weighted by molar-refractivity contribution is 8.76. The first-order valence-electron chi connectivity index (χ1n) is 8.53. The van der Waals surface area contributed by atoms with Gasteiger partial charge in [0.2, 0.25) is 0 Å². The zero-order valence-electron chi connectivity index (χ0n) is 14.8. The first-order valence-corrected chi connectivity index (χ1v) is 10.7. The molecule has 4 rings (SSSR count). The van der Waals surface area contributed by atoms with Gasteiger partial charge in [-0.25, -0.2) is 0 Å². The summed E-state index contributed by atoms with van der Waals surface area (Å²) < 4.78 is 4.36. The molecule has 0 aliphatic carbocycles. The molecule has 0 aliphatic heterocycles. The maximum atomic E-state index is 2.24. The van der Waals surface area contributed by atoms with Crippen molar-refractivity contribution in [3.05, 3.63) is 96.6 Å². The van der Waals surface area contributed by atoms with Crippen molar-refractivity contribution >= 4 is 21.6 Å². The summed E-state index contributed by atoms with van der Waals surface area (Å²) in [5.74, 6) is 0. The molecule has 26 heavy (non-hydrogen) atoms. The third-order valence-electron chi connectivity index (χ3n) is 4.22. The summed E-state index contributed by atoms with van der Waals surface area (Å²) in [7, 11) is 3.61. The molecule has 0 atom stereocenters. The summed E-state index contributed by atoms with van der Waals surface area (Å²) in [5, 5.41) is 0. The summed E-state index contributed by atoms with van der Waals surface area (Å²) >= 11 is 0. The Labute approximate surface area is 162 Å². The molecule has 2 aromatic carbocycles. The number of aromatic nitrogens is 2. The Hall–Kier alpha value is -2.30. The van der Waals surface area contributed by atoms with E-state index in [2.05, 4.69) is 108 Å². The Morgan fingerprint density at radius 1 is 0.577 bits per heavy atom. The van der Waals surface area contributed by atoms with Gasteiger partial charge in [0.1, 0.15) is 0 Å². The van der Waals surface area contributed by atoms with Gasteiger partial charge in [-0.1, -0.05) is 33.7 Å². The average Bonchev–Trinajstić information content (AvgIpc) is 3.35. The molecule has 2 aromatic heterocycles. The van der Waals surface area contributed by atoms with E-state index in [-0.39, 0.29) is 0 Å². The van der Waals surface area contributed by atoms with Crippen LogP contribution in [0, 0.1) is 13.8 Å². The zero-order valence-corrected chi connectivity index (χ0v) is 16.4. The molecule has 0 saturated carbocycles. The number of hydrogen-bond donors (Lipinski definition) is 0. The molecule has 0 fully saturated rings. The highest BCUT2D eigenvalue weighted by atomic mass is 33.1. The molecule has 0 amide bonds. The van der Waals surface area contributed by atoms with Gasteiger partial charge in [-0.15, -0.1) is 0 Å². The molecule has 4 aromatic rings. The van der Waals surface area contributed by atoms with Gasteiger partial charge in [-0.2, -0.15) is 0 Å². The lowest BCUT2D eigenvalue weighted by Gasteiger charge is -2.14. The molecule has 0 N–H and O–H groups in total. The Morgan fingerprint density at radius 2 is 0.962 bits per heavy atom. The molecule has 130 valence electrons. The molecule has 4 heteroatoms. The molecule has 2 nitrogen and oxygen atoms in total. The average molecular weight is 377 g/mol. The molecular formula is C22H20N2S2. The van der Waals surface area contributed by atoms with Crippen LogP contribution in [0.4, 0.5) is 0 Å². The summed E-state index contributed by atoms with van der Waals surface area (Å²) in [6.45, 7) is 4.28. The van der Waals surface area contributed by atoms with E-state index in [4.69, 9.17) is 0 Å². The second-order valence-electron chi connectivity index (χ2n) is 6.29. The summed E-state index contributed by atoms with van der Waals surface area (Å²) in [5.41, 5.74) is 4.99. The van der Waals surface area contributed by atoms with E-state index in [1.165, 1.54) is 32.3 Å². The Bertz CT molecular complexity index is 919. The minimum Gasteiger partial charge on any atom is -0.323 e. The van der Waals surface area contributed by atoms with E-state index in [0.29, 0.717) is 0 Å². The summed E-state index contributed by atoms with van der Waals surface area (Å²) in [4.78, 5) is 2.52. The van der Waals surface area contributed by atoms with E-state index < -0.39 is 0 Å². The molecule has 0 saturated heterocycles. The summed E-state index contributed by atoms with van der Waals surface area (Å²) in [6.07, 6.45) is 8.39. The molecule has 0 radical (unpaired) electrons. The topological polar surface area (TPSA) is 9.86 Å². The fourth-order valence-corrected chi connectivity index (χ4v) is 5.19. The van der Waals surface area contributed by atoms with Gasteiger partial charge in [0.05, 0.1) is 11.4 Å². The van der Waals surface area contributed by atoms with Crippen LogP contribution in [0.25, 0.3) is 11.4 Å².